The van der Waals surface area contributed by atoms with Gasteiger partial charge in [0.25, 0.3) is 0 Å². The lowest BCUT2D eigenvalue weighted by Gasteiger charge is -2.22. The molecule has 3 atom stereocenters. The summed E-state index contributed by atoms with van der Waals surface area (Å²) in [6, 6.07) is 3.34. The summed E-state index contributed by atoms with van der Waals surface area (Å²) in [5.74, 6) is -1.16. The minimum absolute atomic E-state index is 0.0418. The standard InChI is InChI=1S/C16H16F2O/c1-2-10-3-5-11(6-4-10)12-7-8-13(14-9-19-14)16(18)15(12)17/h2-3,5,7-8,10-11,14H,1,4,6,9H2. The molecule has 3 unspecified atom stereocenters. The summed E-state index contributed by atoms with van der Waals surface area (Å²) in [6.07, 6.45) is 7.37. The Morgan fingerprint density at radius 3 is 2.37 bits per heavy atom. The Hall–Kier alpha value is -1.48. The molecule has 1 saturated heterocycles. The molecule has 1 aliphatic carbocycles. The number of hydrogen-bond acceptors (Lipinski definition) is 1. The summed E-state index contributed by atoms with van der Waals surface area (Å²) in [5.41, 5.74) is 0.783. The van der Waals surface area contributed by atoms with E-state index in [0.717, 1.165) is 12.8 Å². The molecule has 19 heavy (non-hydrogen) atoms. The van der Waals surface area contributed by atoms with Crippen LogP contribution in [-0.2, 0) is 4.74 Å². The topological polar surface area (TPSA) is 12.5 Å². The summed E-state index contributed by atoms with van der Waals surface area (Å²) in [5, 5.41) is 0. The van der Waals surface area contributed by atoms with Crippen molar-refractivity contribution in [3.63, 3.8) is 0 Å². The maximum absolute atomic E-state index is 14.1. The van der Waals surface area contributed by atoms with Crippen molar-refractivity contribution < 1.29 is 13.5 Å². The second-order valence-electron chi connectivity index (χ2n) is 5.16. The Labute approximate surface area is 111 Å². The quantitative estimate of drug-likeness (QED) is 0.585. The van der Waals surface area contributed by atoms with Crippen molar-refractivity contribution in [2.75, 3.05) is 6.61 Å². The van der Waals surface area contributed by atoms with Crippen LogP contribution in [0.5, 0.6) is 0 Å². The number of ether oxygens (including phenoxy) is 1. The third-order valence-electron chi connectivity index (χ3n) is 3.93. The van der Waals surface area contributed by atoms with Crippen LogP contribution in [0.1, 0.15) is 36.0 Å². The fourth-order valence-corrected chi connectivity index (χ4v) is 2.64. The average Bonchev–Trinajstić information content (AvgIpc) is 3.26. The van der Waals surface area contributed by atoms with Crippen LogP contribution in [0.25, 0.3) is 0 Å². The summed E-state index contributed by atoms with van der Waals surface area (Å²) in [4.78, 5) is 0. The monoisotopic (exact) mass is 262 g/mol. The minimum Gasteiger partial charge on any atom is -0.368 e. The van der Waals surface area contributed by atoms with Gasteiger partial charge in [0.2, 0.25) is 0 Å². The predicted octanol–water partition coefficient (Wildman–Crippen LogP) is 4.27. The third kappa shape index (κ3) is 2.35. The van der Waals surface area contributed by atoms with Crippen molar-refractivity contribution in [1.82, 2.24) is 0 Å². The highest BCUT2D eigenvalue weighted by molar-refractivity contribution is 5.34. The molecule has 3 heteroatoms. The first-order valence-corrected chi connectivity index (χ1v) is 6.61. The van der Waals surface area contributed by atoms with Gasteiger partial charge in [-0.3, -0.25) is 0 Å². The molecule has 0 N–H and O–H groups in total. The maximum Gasteiger partial charge on any atom is 0.165 e. The Morgan fingerprint density at radius 1 is 1.11 bits per heavy atom. The zero-order valence-electron chi connectivity index (χ0n) is 10.6. The Morgan fingerprint density at radius 2 is 1.79 bits per heavy atom. The van der Waals surface area contributed by atoms with Gasteiger partial charge in [-0.15, -0.1) is 6.58 Å². The average molecular weight is 262 g/mol. The van der Waals surface area contributed by atoms with Gasteiger partial charge in [0.1, 0.15) is 6.10 Å². The minimum atomic E-state index is -0.751. The van der Waals surface area contributed by atoms with Gasteiger partial charge in [-0.1, -0.05) is 30.4 Å². The van der Waals surface area contributed by atoms with Crippen molar-refractivity contribution in [2.45, 2.75) is 24.9 Å². The van der Waals surface area contributed by atoms with E-state index >= 15 is 0 Å². The van der Waals surface area contributed by atoms with Crippen molar-refractivity contribution in [3.8, 4) is 0 Å². The molecule has 2 aliphatic rings. The second kappa shape index (κ2) is 4.89. The van der Waals surface area contributed by atoms with Crippen LogP contribution in [0.2, 0.25) is 0 Å². The lowest BCUT2D eigenvalue weighted by Crippen LogP contribution is -2.09. The molecule has 1 heterocycles. The molecule has 0 bridgehead atoms. The van der Waals surface area contributed by atoms with Crippen LogP contribution in [-0.4, -0.2) is 6.61 Å². The molecule has 1 aliphatic heterocycles. The third-order valence-corrected chi connectivity index (χ3v) is 3.93. The second-order valence-corrected chi connectivity index (χ2v) is 5.16. The number of allylic oxidation sites excluding steroid dienone is 3. The smallest absolute Gasteiger partial charge is 0.165 e. The molecule has 0 amide bonds. The summed E-state index contributed by atoms with van der Waals surface area (Å²) < 4.78 is 33.1. The van der Waals surface area contributed by atoms with Gasteiger partial charge in [0.15, 0.2) is 11.6 Å². The molecule has 3 rings (SSSR count). The van der Waals surface area contributed by atoms with Crippen molar-refractivity contribution in [1.29, 1.82) is 0 Å². The van der Waals surface area contributed by atoms with Gasteiger partial charge in [0.05, 0.1) is 6.61 Å². The fourth-order valence-electron chi connectivity index (χ4n) is 2.64. The van der Waals surface area contributed by atoms with Gasteiger partial charge in [0, 0.05) is 11.5 Å². The number of rotatable bonds is 3. The molecule has 0 aromatic heterocycles. The largest absolute Gasteiger partial charge is 0.368 e. The van der Waals surface area contributed by atoms with E-state index in [1.807, 2.05) is 18.2 Å². The first-order valence-electron chi connectivity index (χ1n) is 6.61. The number of hydrogen-bond donors (Lipinski definition) is 0. The van der Waals surface area contributed by atoms with Gasteiger partial charge in [-0.25, -0.2) is 8.78 Å². The van der Waals surface area contributed by atoms with Crippen molar-refractivity contribution in [2.24, 2.45) is 5.92 Å². The molecule has 1 aromatic rings. The van der Waals surface area contributed by atoms with Crippen LogP contribution in [0.3, 0.4) is 0 Å². The molecule has 1 nitrogen and oxygen atoms in total. The van der Waals surface area contributed by atoms with E-state index in [4.69, 9.17) is 4.74 Å². The molecule has 0 saturated carbocycles. The van der Waals surface area contributed by atoms with Crippen LogP contribution in [0, 0.1) is 17.6 Å². The molecule has 0 radical (unpaired) electrons. The van der Waals surface area contributed by atoms with Gasteiger partial charge < -0.3 is 4.74 Å². The normalized spacial score (nSPS) is 29.3. The van der Waals surface area contributed by atoms with Crippen LogP contribution < -0.4 is 0 Å². The van der Waals surface area contributed by atoms with E-state index in [9.17, 15) is 8.78 Å². The molecule has 100 valence electrons. The summed E-state index contributed by atoms with van der Waals surface area (Å²) in [6.45, 7) is 4.24. The summed E-state index contributed by atoms with van der Waals surface area (Å²) in [7, 11) is 0. The van der Waals surface area contributed by atoms with E-state index in [0.29, 0.717) is 23.7 Å². The molecule has 0 spiro atoms. The van der Waals surface area contributed by atoms with Crippen molar-refractivity contribution in [3.05, 3.63) is 59.7 Å². The zero-order chi connectivity index (χ0) is 13.4. The van der Waals surface area contributed by atoms with Crippen LogP contribution >= 0.6 is 0 Å². The van der Waals surface area contributed by atoms with Gasteiger partial charge >= 0.3 is 0 Å². The van der Waals surface area contributed by atoms with E-state index < -0.39 is 11.6 Å². The highest BCUT2D eigenvalue weighted by Gasteiger charge is 2.31. The number of epoxide rings is 1. The SMILES string of the molecule is C=CC1C=CC(c2ccc(C3CO3)c(F)c2F)CC1. The highest BCUT2D eigenvalue weighted by Crippen LogP contribution is 2.37. The Balaban J connectivity index is 1.89. The van der Waals surface area contributed by atoms with Crippen LogP contribution in [0.4, 0.5) is 8.78 Å². The van der Waals surface area contributed by atoms with E-state index in [1.165, 1.54) is 0 Å². The van der Waals surface area contributed by atoms with Gasteiger partial charge in [-0.2, -0.15) is 0 Å². The lowest BCUT2D eigenvalue weighted by atomic mass is 9.84. The summed E-state index contributed by atoms with van der Waals surface area (Å²) >= 11 is 0. The number of benzene rings is 1. The van der Waals surface area contributed by atoms with Gasteiger partial charge in [-0.05, 0) is 24.3 Å². The first-order chi connectivity index (χ1) is 9.20. The number of halogens is 2. The molecule has 1 fully saturated rings. The Bertz CT molecular complexity index is 532. The van der Waals surface area contributed by atoms with E-state index in [-0.39, 0.29) is 12.0 Å². The molecular formula is C16H16F2O. The lowest BCUT2D eigenvalue weighted by molar-refractivity contribution is 0.399. The van der Waals surface area contributed by atoms with Crippen LogP contribution in [0.15, 0.2) is 36.9 Å². The molecule has 1 aromatic carbocycles. The fraction of sp³-hybridized carbons (Fsp3) is 0.375. The highest BCUT2D eigenvalue weighted by atomic mass is 19.2. The first kappa shape index (κ1) is 12.5. The predicted molar refractivity (Wildman–Crippen MR) is 69.9 cm³/mol. The van der Waals surface area contributed by atoms with E-state index in [2.05, 4.69) is 6.58 Å². The maximum atomic E-state index is 14.1. The van der Waals surface area contributed by atoms with Crippen molar-refractivity contribution >= 4 is 0 Å². The zero-order valence-corrected chi connectivity index (χ0v) is 10.6. The van der Waals surface area contributed by atoms with E-state index in [1.54, 1.807) is 12.1 Å². The molecular weight excluding hydrogens is 246 g/mol. The Kier molecular flexibility index (Phi) is 3.23.